The van der Waals surface area contributed by atoms with Gasteiger partial charge in [-0.15, -0.1) is 0 Å². The monoisotopic (exact) mass is 412 g/mol. The first kappa shape index (κ1) is 22.8. The lowest BCUT2D eigenvalue weighted by Gasteiger charge is -2.21. The van der Waals surface area contributed by atoms with Crippen molar-refractivity contribution >= 4 is 11.8 Å². The zero-order valence-electron chi connectivity index (χ0n) is 18.6. The summed E-state index contributed by atoms with van der Waals surface area (Å²) in [5.41, 5.74) is 2.19. The minimum Gasteiger partial charge on any atom is -0.352 e. The Hall–Kier alpha value is -1.84. The van der Waals surface area contributed by atoms with Crippen molar-refractivity contribution in [2.75, 3.05) is 0 Å². The second kappa shape index (κ2) is 12.8. The molecule has 0 saturated heterocycles. The molecule has 0 aliphatic heterocycles. The average molecular weight is 413 g/mol. The van der Waals surface area contributed by atoms with E-state index in [1.54, 1.807) is 0 Å². The summed E-state index contributed by atoms with van der Waals surface area (Å²) in [5.74, 6) is 1.80. The molecule has 0 atom stereocenters. The van der Waals surface area contributed by atoms with Crippen molar-refractivity contribution in [3.63, 3.8) is 0 Å². The predicted molar refractivity (Wildman–Crippen MR) is 122 cm³/mol. The van der Waals surface area contributed by atoms with E-state index in [2.05, 4.69) is 16.7 Å². The summed E-state index contributed by atoms with van der Waals surface area (Å²) in [5, 5.41) is 6.12. The molecule has 3 rings (SSSR count). The van der Waals surface area contributed by atoms with Crippen LogP contribution in [0.5, 0.6) is 0 Å². The molecule has 4 heteroatoms. The molecule has 0 unspecified atom stereocenters. The summed E-state index contributed by atoms with van der Waals surface area (Å²) in [4.78, 5) is 24.4. The van der Waals surface area contributed by atoms with Crippen LogP contribution in [0.15, 0.2) is 24.3 Å². The molecule has 2 N–H and O–H groups in total. The normalized spacial score (nSPS) is 18.1. The van der Waals surface area contributed by atoms with E-state index < -0.39 is 0 Å². The second-order valence-corrected chi connectivity index (χ2v) is 9.46. The maximum atomic E-state index is 12.2. The maximum absolute atomic E-state index is 12.2. The van der Waals surface area contributed by atoms with Crippen LogP contribution in [0.2, 0.25) is 0 Å². The van der Waals surface area contributed by atoms with Gasteiger partial charge in [-0.1, -0.05) is 88.5 Å². The highest BCUT2D eigenvalue weighted by atomic mass is 16.2. The van der Waals surface area contributed by atoms with E-state index in [9.17, 15) is 9.59 Å². The smallest absolute Gasteiger partial charge is 0.220 e. The van der Waals surface area contributed by atoms with Crippen LogP contribution in [0.25, 0.3) is 0 Å². The Morgan fingerprint density at radius 3 is 1.57 bits per heavy atom. The van der Waals surface area contributed by atoms with Gasteiger partial charge in [0.15, 0.2) is 0 Å². The summed E-state index contributed by atoms with van der Waals surface area (Å²) >= 11 is 0. The van der Waals surface area contributed by atoms with E-state index >= 15 is 0 Å². The van der Waals surface area contributed by atoms with Gasteiger partial charge in [0.2, 0.25) is 11.8 Å². The van der Waals surface area contributed by atoms with Gasteiger partial charge >= 0.3 is 0 Å². The van der Waals surface area contributed by atoms with Gasteiger partial charge in [0, 0.05) is 25.9 Å². The molecule has 1 aromatic rings. The van der Waals surface area contributed by atoms with Gasteiger partial charge in [-0.25, -0.2) is 0 Å². The van der Waals surface area contributed by atoms with Crippen molar-refractivity contribution in [1.82, 2.24) is 10.6 Å². The Morgan fingerprint density at radius 1 is 0.700 bits per heavy atom. The number of hydrogen-bond donors (Lipinski definition) is 2. The van der Waals surface area contributed by atoms with Crippen LogP contribution >= 0.6 is 0 Å². The number of rotatable bonds is 10. The quantitative estimate of drug-likeness (QED) is 0.522. The van der Waals surface area contributed by atoms with Crippen LogP contribution in [0, 0.1) is 11.8 Å². The van der Waals surface area contributed by atoms with E-state index in [4.69, 9.17) is 0 Å². The van der Waals surface area contributed by atoms with Crippen molar-refractivity contribution in [1.29, 1.82) is 0 Å². The lowest BCUT2D eigenvalue weighted by molar-refractivity contribution is -0.122. The van der Waals surface area contributed by atoms with E-state index in [0.29, 0.717) is 25.9 Å². The van der Waals surface area contributed by atoms with Gasteiger partial charge in [-0.2, -0.15) is 0 Å². The molecule has 0 spiro atoms. The van der Waals surface area contributed by atoms with Crippen LogP contribution in [0.4, 0.5) is 0 Å². The number of amides is 2. The molecule has 1 aromatic carbocycles. The molecule has 166 valence electrons. The minimum absolute atomic E-state index is 0.155. The molecule has 0 aromatic heterocycles. The van der Waals surface area contributed by atoms with E-state index in [1.807, 2.05) is 18.2 Å². The van der Waals surface area contributed by atoms with Crippen molar-refractivity contribution in [3.05, 3.63) is 35.4 Å². The van der Waals surface area contributed by atoms with Gasteiger partial charge in [0.25, 0.3) is 0 Å². The Kier molecular flexibility index (Phi) is 9.72. The third kappa shape index (κ3) is 8.49. The van der Waals surface area contributed by atoms with Gasteiger partial charge in [0.1, 0.15) is 0 Å². The van der Waals surface area contributed by atoms with Gasteiger partial charge in [0.05, 0.1) is 0 Å². The largest absolute Gasteiger partial charge is 0.352 e. The fraction of sp³-hybridized carbons (Fsp3) is 0.692. The third-order valence-electron chi connectivity index (χ3n) is 6.98. The molecule has 2 fully saturated rings. The molecule has 2 aliphatic carbocycles. The van der Waals surface area contributed by atoms with Crippen LogP contribution in [-0.4, -0.2) is 11.8 Å². The van der Waals surface area contributed by atoms with E-state index in [1.165, 1.54) is 64.2 Å². The van der Waals surface area contributed by atoms with E-state index in [-0.39, 0.29) is 11.8 Å². The summed E-state index contributed by atoms with van der Waals surface area (Å²) in [6, 6.07) is 8.17. The summed E-state index contributed by atoms with van der Waals surface area (Å²) in [6.07, 6.45) is 16.5. The Labute approximate surface area is 182 Å². The van der Waals surface area contributed by atoms with Crippen molar-refractivity contribution < 1.29 is 9.59 Å². The topological polar surface area (TPSA) is 58.2 Å². The number of benzene rings is 1. The highest BCUT2D eigenvalue weighted by Crippen LogP contribution is 2.28. The highest BCUT2D eigenvalue weighted by molar-refractivity contribution is 5.76. The molecule has 2 saturated carbocycles. The fourth-order valence-electron chi connectivity index (χ4n) is 5.05. The van der Waals surface area contributed by atoms with Crippen LogP contribution < -0.4 is 10.6 Å². The maximum Gasteiger partial charge on any atom is 0.220 e. The fourth-order valence-corrected chi connectivity index (χ4v) is 5.05. The summed E-state index contributed by atoms with van der Waals surface area (Å²) < 4.78 is 0. The molecule has 2 amide bonds. The number of carbonyl (C=O) groups excluding carboxylic acids is 2. The first-order chi connectivity index (χ1) is 14.7. The molecule has 0 radical (unpaired) electrons. The molecular formula is C26H40N2O2. The molecule has 0 heterocycles. The first-order valence-corrected chi connectivity index (χ1v) is 12.3. The lowest BCUT2D eigenvalue weighted by Crippen LogP contribution is -2.24. The average Bonchev–Trinajstić information content (AvgIpc) is 2.80. The first-order valence-electron chi connectivity index (χ1n) is 12.3. The second-order valence-electron chi connectivity index (χ2n) is 9.46. The predicted octanol–water partition coefficient (Wildman–Crippen LogP) is 5.64. The van der Waals surface area contributed by atoms with Crippen molar-refractivity contribution in [2.24, 2.45) is 11.8 Å². The minimum atomic E-state index is 0.155. The summed E-state index contributed by atoms with van der Waals surface area (Å²) in [7, 11) is 0. The van der Waals surface area contributed by atoms with Crippen LogP contribution in [-0.2, 0) is 22.7 Å². The molecule has 2 aliphatic rings. The number of hydrogen-bond acceptors (Lipinski definition) is 2. The number of nitrogens with one attached hydrogen (secondary N) is 2. The Bertz CT molecular complexity index is 608. The highest BCUT2D eigenvalue weighted by Gasteiger charge is 2.15. The van der Waals surface area contributed by atoms with Crippen molar-refractivity contribution in [3.8, 4) is 0 Å². The summed E-state index contributed by atoms with van der Waals surface area (Å²) in [6.45, 7) is 1.12. The van der Waals surface area contributed by atoms with Crippen molar-refractivity contribution in [2.45, 2.75) is 103 Å². The number of carbonyl (C=O) groups is 2. The van der Waals surface area contributed by atoms with Gasteiger partial charge < -0.3 is 10.6 Å². The Balaban J connectivity index is 1.32. The van der Waals surface area contributed by atoms with Gasteiger partial charge in [-0.3, -0.25) is 9.59 Å². The third-order valence-corrected chi connectivity index (χ3v) is 6.98. The van der Waals surface area contributed by atoms with Gasteiger partial charge in [-0.05, 0) is 35.8 Å². The molecular weight excluding hydrogens is 372 g/mol. The standard InChI is InChI=1S/C26H40N2O2/c29-25(16-14-21-8-3-1-4-9-21)27-19-23-12-7-13-24(18-23)20-28-26(30)17-15-22-10-5-2-6-11-22/h7,12-13,18,21-22H,1-6,8-11,14-17,19-20H2,(H,27,29)(H,28,30). The van der Waals surface area contributed by atoms with E-state index in [0.717, 1.165) is 35.8 Å². The SMILES string of the molecule is O=C(CCC1CCCCC1)NCc1cccc(CNC(=O)CCC2CCCCC2)c1. The lowest BCUT2D eigenvalue weighted by atomic mass is 9.86. The van der Waals surface area contributed by atoms with Crippen LogP contribution in [0.1, 0.15) is 101 Å². The molecule has 4 nitrogen and oxygen atoms in total. The Morgan fingerprint density at radius 2 is 1.13 bits per heavy atom. The van der Waals surface area contributed by atoms with Crippen LogP contribution in [0.3, 0.4) is 0 Å². The zero-order valence-corrected chi connectivity index (χ0v) is 18.6. The zero-order chi connectivity index (χ0) is 21.0. The molecule has 30 heavy (non-hydrogen) atoms. The molecule has 0 bridgehead atoms.